The van der Waals surface area contributed by atoms with Crippen molar-refractivity contribution < 1.29 is 32.6 Å². The van der Waals surface area contributed by atoms with Crippen LogP contribution in [0.3, 0.4) is 0 Å². The summed E-state index contributed by atoms with van der Waals surface area (Å²) in [6, 6.07) is 3.21. The van der Waals surface area contributed by atoms with Crippen molar-refractivity contribution in [2.45, 2.75) is 12.7 Å². The summed E-state index contributed by atoms with van der Waals surface area (Å²) in [6.07, 6.45) is -3.55. The van der Waals surface area contributed by atoms with E-state index in [0.29, 0.717) is 17.8 Å². The first-order valence-corrected chi connectivity index (χ1v) is 4.75. The Bertz CT molecular complexity index is 449. The van der Waals surface area contributed by atoms with Crippen molar-refractivity contribution in [3.63, 3.8) is 0 Å². The van der Waals surface area contributed by atoms with Crippen LogP contribution in [0.2, 0.25) is 0 Å². The van der Waals surface area contributed by atoms with E-state index in [2.05, 4.69) is 9.72 Å². The standard InChI is InChI=1S/C8H10N2O2.C2HF3O2/c1-12-8(11)6-2-3-10-7(4-6)5-9;3-2(4,5)1(6)7/h2-4H,5,9H2,1H3;(H,6,7). The number of hydrogen-bond donors (Lipinski definition) is 2. The second kappa shape index (κ2) is 7.31. The van der Waals surface area contributed by atoms with Crippen LogP contribution in [0.15, 0.2) is 18.3 Å². The van der Waals surface area contributed by atoms with Crippen molar-refractivity contribution in [2.75, 3.05) is 7.11 Å². The van der Waals surface area contributed by atoms with Crippen LogP contribution in [0, 0.1) is 0 Å². The van der Waals surface area contributed by atoms with Gasteiger partial charge in [-0.05, 0) is 12.1 Å². The molecule has 0 atom stereocenters. The lowest BCUT2D eigenvalue weighted by Gasteiger charge is -1.99. The van der Waals surface area contributed by atoms with Gasteiger partial charge in [0.2, 0.25) is 0 Å². The fraction of sp³-hybridized carbons (Fsp3) is 0.300. The number of esters is 1. The van der Waals surface area contributed by atoms with E-state index in [-0.39, 0.29) is 5.97 Å². The summed E-state index contributed by atoms with van der Waals surface area (Å²) < 4.78 is 36.3. The molecule has 9 heteroatoms. The molecule has 1 aromatic heterocycles. The third-order valence-electron chi connectivity index (χ3n) is 1.69. The first kappa shape index (κ1) is 16.8. The summed E-state index contributed by atoms with van der Waals surface area (Å²) >= 11 is 0. The zero-order valence-corrected chi connectivity index (χ0v) is 9.77. The Morgan fingerprint density at radius 1 is 1.47 bits per heavy atom. The van der Waals surface area contributed by atoms with Crippen molar-refractivity contribution in [1.82, 2.24) is 4.98 Å². The van der Waals surface area contributed by atoms with Crippen LogP contribution in [0.4, 0.5) is 13.2 Å². The number of alkyl halides is 3. The molecule has 0 aliphatic heterocycles. The monoisotopic (exact) mass is 280 g/mol. The fourth-order valence-corrected chi connectivity index (χ4v) is 0.835. The number of nitrogens with zero attached hydrogens (tertiary/aromatic N) is 1. The molecule has 0 saturated heterocycles. The lowest BCUT2D eigenvalue weighted by atomic mass is 10.2. The van der Waals surface area contributed by atoms with Crippen molar-refractivity contribution in [1.29, 1.82) is 0 Å². The van der Waals surface area contributed by atoms with Gasteiger partial charge in [0.25, 0.3) is 0 Å². The van der Waals surface area contributed by atoms with E-state index in [9.17, 15) is 18.0 Å². The molecule has 0 fully saturated rings. The van der Waals surface area contributed by atoms with Crippen LogP contribution >= 0.6 is 0 Å². The lowest BCUT2D eigenvalue weighted by Crippen LogP contribution is -2.21. The summed E-state index contributed by atoms with van der Waals surface area (Å²) in [7, 11) is 1.34. The molecule has 1 heterocycles. The van der Waals surface area contributed by atoms with Gasteiger partial charge in [-0.15, -0.1) is 0 Å². The highest BCUT2D eigenvalue weighted by Crippen LogP contribution is 2.13. The number of carboxylic acids is 1. The molecule has 6 nitrogen and oxygen atoms in total. The van der Waals surface area contributed by atoms with Crippen molar-refractivity contribution in [2.24, 2.45) is 5.73 Å². The molecule has 0 saturated carbocycles. The average Bonchev–Trinajstić information content (AvgIpc) is 2.37. The van der Waals surface area contributed by atoms with Gasteiger partial charge in [0.1, 0.15) is 0 Å². The number of halogens is 3. The number of aromatic nitrogens is 1. The number of pyridine rings is 1. The van der Waals surface area contributed by atoms with Gasteiger partial charge in [-0.2, -0.15) is 13.2 Å². The van der Waals surface area contributed by atoms with Crippen LogP contribution in [-0.2, 0) is 16.1 Å². The van der Waals surface area contributed by atoms with Crippen molar-refractivity contribution in [3.05, 3.63) is 29.6 Å². The molecule has 19 heavy (non-hydrogen) atoms. The molecule has 0 spiro atoms. The van der Waals surface area contributed by atoms with Crippen molar-refractivity contribution in [3.8, 4) is 0 Å². The second-order valence-electron chi connectivity index (χ2n) is 3.03. The number of carboxylic acid groups (broad SMARTS) is 1. The van der Waals surface area contributed by atoms with Crippen molar-refractivity contribution >= 4 is 11.9 Å². The van der Waals surface area contributed by atoms with Gasteiger partial charge >= 0.3 is 18.1 Å². The molecule has 0 bridgehead atoms. The third kappa shape index (κ3) is 6.36. The van der Waals surface area contributed by atoms with E-state index < -0.39 is 12.1 Å². The average molecular weight is 280 g/mol. The maximum Gasteiger partial charge on any atom is 0.490 e. The predicted octanol–water partition coefficient (Wildman–Crippen LogP) is 0.960. The van der Waals surface area contributed by atoms with Gasteiger partial charge in [-0.25, -0.2) is 9.59 Å². The molecular formula is C10H11F3N2O4. The van der Waals surface area contributed by atoms with E-state index in [1.807, 2.05) is 0 Å². The number of methoxy groups -OCH3 is 1. The number of hydrogen-bond acceptors (Lipinski definition) is 5. The van der Waals surface area contributed by atoms with E-state index in [4.69, 9.17) is 15.6 Å². The molecule has 0 amide bonds. The maximum absolute atomic E-state index is 11.0. The minimum atomic E-state index is -5.08. The highest BCUT2D eigenvalue weighted by molar-refractivity contribution is 5.89. The minimum absolute atomic E-state index is 0.324. The molecule has 1 aromatic rings. The Morgan fingerprint density at radius 3 is 2.37 bits per heavy atom. The van der Waals surface area contributed by atoms with Crippen LogP contribution in [-0.4, -0.2) is 35.3 Å². The highest BCUT2D eigenvalue weighted by atomic mass is 19.4. The Hall–Kier alpha value is -2.16. The van der Waals surface area contributed by atoms with E-state index in [1.165, 1.54) is 13.3 Å². The Morgan fingerprint density at radius 2 is 2.00 bits per heavy atom. The largest absolute Gasteiger partial charge is 0.490 e. The van der Waals surface area contributed by atoms with Gasteiger partial charge in [0.05, 0.1) is 18.4 Å². The zero-order chi connectivity index (χ0) is 15.1. The quantitative estimate of drug-likeness (QED) is 0.782. The molecular weight excluding hydrogens is 269 g/mol. The summed E-state index contributed by atoms with van der Waals surface area (Å²) in [6.45, 7) is 0.324. The number of nitrogens with two attached hydrogens (primary N) is 1. The maximum atomic E-state index is 11.0. The molecule has 106 valence electrons. The normalized spacial score (nSPS) is 10.2. The molecule has 0 aliphatic rings. The molecule has 1 rings (SSSR count). The lowest BCUT2D eigenvalue weighted by molar-refractivity contribution is -0.192. The van der Waals surface area contributed by atoms with Gasteiger partial charge in [-0.3, -0.25) is 4.98 Å². The number of rotatable bonds is 2. The smallest absolute Gasteiger partial charge is 0.475 e. The first-order chi connectivity index (χ1) is 8.72. The van der Waals surface area contributed by atoms with E-state index in [0.717, 1.165) is 0 Å². The number of aliphatic carboxylic acids is 1. The Kier molecular flexibility index (Phi) is 6.48. The van der Waals surface area contributed by atoms with Crippen LogP contribution < -0.4 is 5.73 Å². The highest BCUT2D eigenvalue weighted by Gasteiger charge is 2.38. The van der Waals surface area contributed by atoms with Gasteiger partial charge < -0.3 is 15.6 Å². The predicted molar refractivity (Wildman–Crippen MR) is 57.2 cm³/mol. The van der Waals surface area contributed by atoms with Crippen LogP contribution in [0.5, 0.6) is 0 Å². The van der Waals surface area contributed by atoms with Gasteiger partial charge in [0, 0.05) is 12.7 Å². The Balaban J connectivity index is 0.000000399. The number of carbonyl (C=O) groups is 2. The first-order valence-electron chi connectivity index (χ1n) is 4.75. The molecule has 3 N–H and O–H groups in total. The molecule has 0 aliphatic carbocycles. The Labute approximate surface area is 106 Å². The topological polar surface area (TPSA) is 103 Å². The van der Waals surface area contributed by atoms with Gasteiger partial charge in [0.15, 0.2) is 0 Å². The van der Waals surface area contributed by atoms with E-state index in [1.54, 1.807) is 12.1 Å². The number of ether oxygens (including phenoxy) is 1. The van der Waals surface area contributed by atoms with Gasteiger partial charge in [-0.1, -0.05) is 0 Å². The third-order valence-corrected chi connectivity index (χ3v) is 1.69. The number of carbonyl (C=O) groups excluding carboxylic acids is 1. The molecule has 0 unspecified atom stereocenters. The zero-order valence-electron chi connectivity index (χ0n) is 9.77. The fourth-order valence-electron chi connectivity index (χ4n) is 0.835. The SMILES string of the molecule is COC(=O)c1ccnc(CN)c1.O=C(O)C(F)(F)F. The minimum Gasteiger partial charge on any atom is -0.475 e. The summed E-state index contributed by atoms with van der Waals surface area (Å²) in [4.78, 5) is 23.8. The molecule has 0 radical (unpaired) electrons. The van der Waals surface area contributed by atoms with E-state index >= 15 is 0 Å². The summed E-state index contributed by atoms with van der Waals surface area (Å²) in [5, 5.41) is 7.12. The van der Waals surface area contributed by atoms with Crippen LogP contribution in [0.25, 0.3) is 0 Å². The van der Waals surface area contributed by atoms with Crippen LogP contribution in [0.1, 0.15) is 16.1 Å². The molecule has 0 aromatic carbocycles. The second-order valence-corrected chi connectivity index (χ2v) is 3.03. The summed E-state index contributed by atoms with van der Waals surface area (Å²) in [5.41, 5.74) is 6.50. The summed E-state index contributed by atoms with van der Waals surface area (Å²) in [5.74, 6) is -3.13.